The van der Waals surface area contributed by atoms with Gasteiger partial charge in [-0.1, -0.05) is 20.8 Å². The molecule has 4 nitrogen and oxygen atoms in total. The van der Waals surface area contributed by atoms with Crippen LogP contribution in [0.5, 0.6) is 0 Å². The lowest BCUT2D eigenvalue weighted by molar-refractivity contribution is -0.883. The topological polar surface area (TPSA) is 35.5 Å². The lowest BCUT2D eigenvalue weighted by atomic mass is 9.70. The summed E-state index contributed by atoms with van der Waals surface area (Å²) < 4.78 is 11.6. The third-order valence-electron chi connectivity index (χ3n) is 6.51. The second-order valence-corrected chi connectivity index (χ2v) is 8.36. The molecule has 4 heteroatoms. The largest absolute Gasteiger partial charge is 0.465 e. The van der Waals surface area contributed by atoms with E-state index < -0.39 is 0 Å². The van der Waals surface area contributed by atoms with E-state index in [9.17, 15) is 4.79 Å². The number of carbonyl (C=O) groups is 1. The zero-order chi connectivity index (χ0) is 15.9. The van der Waals surface area contributed by atoms with Crippen molar-refractivity contribution in [2.45, 2.75) is 46.1 Å². The first-order valence-electron chi connectivity index (χ1n) is 8.13. The predicted octanol–water partition coefficient (Wildman–Crippen LogP) is 2.47. The molecular weight excluding hydrogens is 266 g/mol. The Kier molecular flexibility index (Phi) is 4.42. The molecule has 3 atom stereocenters. The number of methoxy groups -OCH3 is 1. The first-order valence-corrected chi connectivity index (χ1v) is 8.13. The molecule has 0 saturated heterocycles. The van der Waals surface area contributed by atoms with Gasteiger partial charge in [0.1, 0.15) is 6.54 Å². The molecule has 2 fully saturated rings. The van der Waals surface area contributed by atoms with E-state index in [0.29, 0.717) is 34.6 Å². The summed E-state index contributed by atoms with van der Waals surface area (Å²) in [5.74, 6) is 0.651. The summed E-state index contributed by atoms with van der Waals surface area (Å²) in [6.07, 6.45) is 4.22. The van der Waals surface area contributed by atoms with Gasteiger partial charge in [0, 0.05) is 0 Å². The molecule has 122 valence electrons. The molecule has 0 aliphatic heterocycles. The number of rotatable bonds is 6. The Bertz CT molecular complexity index is 405. The summed E-state index contributed by atoms with van der Waals surface area (Å²) in [5, 5.41) is 0. The van der Waals surface area contributed by atoms with Gasteiger partial charge in [-0.15, -0.1) is 0 Å². The number of carbonyl (C=O) groups excluding carboxylic acids is 1. The summed E-state index contributed by atoms with van der Waals surface area (Å²) in [6, 6.07) is 0. The molecule has 2 saturated carbocycles. The van der Waals surface area contributed by atoms with Gasteiger partial charge in [-0.3, -0.25) is 0 Å². The Morgan fingerprint density at radius 2 is 1.95 bits per heavy atom. The summed E-state index contributed by atoms with van der Waals surface area (Å²) in [6.45, 7) is 9.17. The predicted molar refractivity (Wildman–Crippen MR) is 82.8 cm³/mol. The number of quaternary nitrogens is 1. The Morgan fingerprint density at radius 3 is 2.43 bits per heavy atom. The van der Waals surface area contributed by atoms with Gasteiger partial charge in [-0.25, -0.2) is 4.79 Å². The van der Waals surface area contributed by atoms with E-state index in [2.05, 4.69) is 20.8 Å². The second kappa shape index (κ2) is 5.54. The number of ether oxygens (including phenoxy) is 2. The molecule has 0 aromatic carbocycles. The van der Waals surface area contributed by atoms with Gasteiger partial charge in [0.25, 0.3) is 0 Å². The Labute approximate surface area is 129 Å². The average Bonchev–Trinajstić information content (AvgIpc) is 2.71. The standard InChI is InChI=1S/C17H32NO3/c1-16(2)13-7-8-17(16,3)14(11-13)21-10-9-18(4,5)12-15(19)20-6/h13-14H,7-12H2,1-6H3/q+1/t13-,14-,17-/m1/s1. The van der Waals surface area contributed by atoms with E-state index in [4.69, 9.17) is 9.47 Å². The van der Waals surface area contributed by atoms with Crippen LogP contribution in [0.15, 0.2) is 0 Å². The van der Waals surface area contributed by atoms with Crippen LogP contribution in [0, 0.1) is 16.7 Å². The molecule has 2 aliphatic carbocycles. The quantitative estimate of drug-likeness (QED) is 0.558. The van der Waals surface area contributed by atoms with Crippen LogP contribution in [-0.4, -0.2) is 57.5 Å². The van der Waals surface area contributed by atoms with Crippen LogP contribution < -0.4 is 0 Å². The molecule has 2 rings (SSSR count). The minimum Gasteiger partial charge on any atom is -0.465 e. The third kappa shape index (κ3) is 2.98. The summed E-state index contributed by atoms with van der Waals surface area (Å²) in [5.41, 5.74) is 0.714. The van der Waals surface area contributed by atoms with Gasteiger partial charge in [0.2, 0.25) is 0 Å². The average molecular weight is 298 g/mol. The molecule has 0 N–H and O–H groups in total. The summed E-state index contributed by atoms with van der Waals surface area (Å²) in [7, 11) is 5.54. The minimum absolute atomic E-state index is 0.159. The van der Waals surface area contributed by atoms with Crippen molar-refractivity contribution < 1.29 is 18.8 Å². The Morgan fingerprint density at radius 1 is 1.29 bits per heavy atom. The second-order valence-electron chi connectivity index (χ2n) is 8.36. The Hall–Kier alpha value is -0.610. The van der Waals surface area contributed by atoms with E-state index in [1.54, 1.807) is 0 Å². The highest BCUT2D eigenvalue weighted by Crippen LogP contribution is 2.66. The number of fused-ring (bicyclic) bond motifs is 2. The fraction of sp³-hybridized carbons (Fsp3) is 0.941. The van der Waals surface area contributed by atoms with Gasteiger partial charge in [-0.05, 0) is 36.0 Å². The van der Waals surface area contributed by atoms with Crippen LogP contribution in [0.3, 0.4) is 0 Å². The summed E-state index contributed by atoms with van der Waals surface area (Å²) in [4.78, 5) is 11.4. The first kappa shape index (κ1) is 16.8. The maximum absolute atomic E-state index is 11.4. The molecule has 0 unspecified atom stereocenters. The summed E-state index contributed by atoms with van der Waals surface area (Å²) >= 11 is 0. The molecule has 0 spiro atoms. The van der Waals surface area contributed by atoms with Crippen molar-refractivity contribution >= 4 is 5.97 Å². The van der Waals surface area contributed by atoms with Crippen molar-refractivity contribution in [1.82, 2.24) is 0 Å². The van der Waals surface area contributed by atoms with Crippen LogP contribution in [-0.2, 0) is 14.3 Å². The monoisotopic (exact) mass is 298 g/mol. The lowest BCUT2D eigenvalue weighted by Crippen LogP contribution is -2.47. The van der Waals surface area contributed by atoms with Gasteiger partial charge < -0.3 is 14.0 Å². The maximum atomic E-state index is 11.4. The molecule has 0 aromatic heterocycles. The van der Waals surface area contributed by atoms with E-state index in [-0.39, 0.29) is 5.97 Å². The highest BCUT2D eigenvalue weighted by molar-refractivity contribution is 5.70. The normalized spacial score (nSPS) is 34.2. The highest BCUT2D eigenvalue weighted by Gasteiger charge is 2.61. The zero-order valence-corrected chi connectivity index (χ0v) is 14.6. The molecule has 0 aromatic rings. The van der Waals surface area contributed by atoms with Crippen molar-refractivity contribution in [3.05, 3.63) is 0 Å². The number of hydrogen-bond acceptors (Lipinski definition) is 3. The van der Waals surface area contributed by atoms with Gasteiger partial charge in [-0.2, -0.15) is 0 Å². The van der Waals surface area contributed by atoms with Crippen molar-refractivity contribution in [3.63, 3.8) is 0 Å². The number of nitrogens with zero attached hydrogens (tertiary/aromatic N) is 1. The van der Waals surface area contributed by atoms with Crippen molar-refractivity contribution in [1.29, 1.82) is 0 Å². The number of esters is 1. The van der Waals surface area contributed by atoms with Crippen molar-refractivity contribution in [3.8, 4) is 0 Å². The Balaban J connectivity index is 1.84. The van der Waals surface area contributed by atoms with Crippen molar-refractivity contribution in [2.24, 2.45) is 16.7 Å². The molecule has 0 heterocycles. The molecule has 21 heavy (non-hydrogen) atoms. The highest BCUT2D eigenvalue weighted by atomic mass is 16.5. The van der Waals surface area contributed by atoms with Crippen LogP contribution >= 0.6 is 0 Å². The number of likely N-dealkylation sites (N-methyl/N-ethyl adjacent to an activating group) is 1. The molecule has 0 amide bonds. The maximum Gasteiger partial charge on any atom is 0.361 e. The van der Waals surface area contributed by atoms with Crippen LogP contribution in [0.1, 0.15) is 40.0 Å². The van der Waals surface area contributed by atoms with Gasteiger partial charge in [0.15, 0.2) is 6.54 Å². The SMILES string of the molecule is COC(=O)C[N+](C)(C)CCO[C@@H]1C[C@H]2CC[C@@]1(C)C2(C)C. The van der Waals surface area contributed by atoms with Gasteiger partial charge in [0.05, 0.1) is 33.9 Å². The fourth-order valence-corrected chi connectivity index (χ4v) is 4.32. The number of hydrogen-bond donors (Lipinski definition) is 0. The lowest BCUT2D eigenvalue weighted by Gasteiger charge is -2.39. The van der Waals surface area contributed by atoms with E-state index >= 15 is 0 Å². The van der Waals surface area contributed by atoms with Gasteiger partial charge >= 0.3 is 5.97 Å². The third-order valence-corrected chi connectivity index (χ3v) is 6.51. The van der Waals surface area contributed by atoms with Crippen LogP contribution in [0.4, 0.5) is 0 Å². The zero-order valence-electron chi connectivity index (χ0n) is 14.6. The van der Waals surface area contributed by atoms with E-state index in [0.717, 1.165) is 12.5 Å². The van der Waals surface area contributed by atoms with Crippen molar-refractivity contribution in [2.75, 3.05) is 40.9 Å². The smallest absolute Gasteiger partial charge is 0.361 e. The molecular formula is C17H32NO3+. The minimum atomic E-state index is -0.159. The van der Waals surface area contributed by atoms with Crippen LogP contribution in [0.2, 0.25) is 0 Å². The van der Waals surface area contributed by atoms with E-state index in [1.807, 2.05) is 14.1 Å². The fourth-order valence-electron chi connectivity index (χ4n) is 4.32. The van der Waals surface area contributed by atoms with Crippen LogP contribution in [0.25, 0.3) is 0 Å². The molecule has 2 bridgehead atoms. The molecule has 0 radical (unpaired) electrons. The van der Waals surface area contributed by atoms with E-state index in [1.165, 1.54) is 26.4 Å². The molecule has 2 aliphatic rings. The first-order chi connectivity index (χ1) is 9.62.